The SMILES string of the molecule is CC(=O)CCC(Cc1ccccc1)Cc1ccccc1. The Bertz CT molecular complexity index is 474. The van der Waals surface area contributed by atoms with Gasteiger partial charge in [0, 0.05) is 6.42 Å². The van der Waals surface area contributed by atoms with Crippen LogP contribution in [0.5, 0.6) is 0 Å². The summed E-state index contributed by atoms with van der Waals surface area (Å²) >= 11 is 0. The van der Waals surface area contributed by atoms with Crippen LogP contribution in [0.1, 0.15) is 30.9 Å². The molecule has 0 amide bonds. The van der Waals surface area contributed by atoms with Crippen LogP contribution in [0, 0.1) is 5.92 Å². The highest BCUT2D eigenvalue weighted by molar-refractivity contribution is 5.75. The molecular formula is C19H22O. The van der Waals surface area contributed by atoms with Gasteiger partial charge in [-0.2, -0.15) is 0 Å². The summed E-state index contributed by atoms with van der Waals surface area (Å²) in [5.41, 5.74) is 2.72. The largest absolute Gasteiger partial charge is 0.300 e. The molecule has 0 saturated heterocycles. The molecule has 0 spiro atoms. The highest BCUT2D eigenvalue weighted by Crippen LogP contribution is 2.19. The third-order valence-corrected chi connectivity index (χ3v) is 3.64. The monoisotopic (exact) mass is 266 g/mol. The molecular weight excluding hydrogens is 244 g/mol. The minimum Gasteiger partial charge on any atom is -0.300 e. The van der Waals surface area contributed by atoms with Crippen LogP contribution < -0.4 is 0 Å². The second-order valence-corrected chi connectivity index (χ2v) is 5.49. The lowest BCUT2D eigenvalue weighted by atomic mass is 9.88. The van der Waals surface area contributed by atoms with Crippen LogP contribution >= 0.6 is 0 Å². The summed E-state index contributed by atoms with van der Waals surface area (Å²) in [7, 11) is 0. The predicted octanol–water partition coefficient (Wildman–Crippen LogP) is 4.46. The predicted molar refractivity (Wildman–Crippen MR) is 83.7 cm³/mol. The molecule has 0 saturated carbocycles. The first-order chi connectivity index (χ1) is 9.74. The molecule has 0 radical (unpaired) electrons. The molecule has 0 fully saturated rings. The molecule has 0 aliphatic carbocycles. The maximum absolute atomic E-state index is 11.3. The summed E-state index contributed by atoms with van der Waals surface area (Å²) in [6, 6.07) is 21.1. The maximum Gasteiger partial charge on any atom is 0.129 e. The van der Waals surface area contributed by atoms with E-state index in [1.54, 1.807) is 6.92 Å². The smallest absolute Gasteiger partial charge is 0.129 e. The summed E-state index contributed by atoms with van der Waals surface area (Å²) in [6.07, 6.45) is 3.75. The van der Waals surface area contributed by atoms with Crippen molar-refractivity contribution in [3.63, 3.8) is 0 Å². The van der Waals surface area contributed by atoms with Gasteiger partial charge < -0.3 is 4.79 Å². The molecule has 2 aromatic carbocycles. The van der Waals surface area contributed by atoms with Crippen molar-refractivity contribution in [2.75, 3.05) is 0 Å². The molecule has 0 unspecified atom stereocenters. The molecule has 0 heterocycles. The van der Waals surface area contributed by atoms with Gasteiger partial charge in [0.15, 0.2) is 0 Å². The summed E-state index contributed by atoms with van der Waals surface area (Å²) in [5.74, 6) is 0.819. The van der Waals surface area contributed by atoms with E-state index in [9.17, 15) is 4.79 Å². The number of Topliss-reactive ketones (excluding diaryl/α,β-unsaturated/α-hetero) is 1. The molecule has 0 atom stereocenters. The third kappa shape index (κ3) is 5.00. The van der Waals surface area contributed by atoms with Crippen molar-refractivity contribution < 1.29 is 4.79 Å². The van der Waals surface area contributed by atoms with Gasteiger partial charge in [-0.3, -0.25) is 0 Å². The minimum absolute atomic E-state index is 0.288. The normalized spacial score (nSPS) is 10.7. The van der Waals surface area contributed by atoms with Gasteiger partial charge >= 0.3 is 0 Å². The number of hydrogen-bond acceptors (Lipinski definition) is 1. The second kappa shape index (κ2) is 7.64. The number of ketones is 1. The van der Waals surface area contributed by atoms with Crippen molar-refractivity contribution >= 4 is 5.78 Å². The van der Waals surface area contributed by atoms with Gasteiger partial charge in [-0.05, 0) is 43.2 Å². The van der Waals surface area contributed by atoms with Crippen LogP contribution in [0.2, 0.25) is 0 Å². The van der Waals surface area contributed by atoms with Gasteiger partial charge in [0.05, 0.1) is 0 Å². The van der Waals surface area contributed by atoms with Gasteiger partial charge in [0.2, 0.25) is 0 Å². The van der Waals surface area contributed by atoms with Crippen LogP contribution in [-0.4, -0.2) is 5.78 Å². The van der Waals surface area contributed by atoms with E-state index in [4.69, 9.17) is 0 Å². The van der Waals surface area contributed by atoms with Crippen LogP contribution in [0.25, 0.3) is 0 Å². The van der Waals surface area contributed by atoms with Crippen LogP contribution in [0.3, 0.4) is 0 Å². The molecule has 1 nitrogen and oxygen atoms in total. The van der Waals surface area contributed by atoms with E-state index in [-0.39, 0.29) is 5.78 Å². The van der Waals surface area contributed by atoms with Crippen LogP contribution in [-0.2, 0) is 17.6 Å². The lowest BCUT2D eigenvalue weighted by molar-refractivity contribution is -0.117. The fourth-order valence-electron chi connectivity index (χ4n) is 2.58. The van der Waals surface area contributed by atoms with Gasteiger partial charge in [-0.1, -0.05) is 60.7 Å². The Balaban J connectivity index is 2.02. The van der Waals surface area contributed by atoms with E-state index in [1.807, 2.05) is 12.1 Å². The summed E-state index contributed by atoms with van der Waals surface area (Å²) in [6.45, 7) is 1.68. The van der Waals surface area contributed by atoms with Crippen molar-refractivity contribution in [1.82, 2.24) is 0 Å². The van der Waals surface area contributed by atoms with Crippen LogP contribution in [0.4, 0.5) is 0 Å². The Morgan fingerprint density at radius 2 is 1.30 bits per heavy atom. The molecule has 0 aromatic heterocycles. The fraction of sp³-hybridized carbons (Fsp3) is 0.316. The zero-order chi connectivity index (χ0) is 14.2. The van der Waals surface area contributed by atoms with Gasteiger partial charge in [0.1, 0.15) is 5.78 Å². The molecule has 20 heavy (non-hydrogen) atoms. The van der Waals surface area contributed by atoms with E-state index in [0.29, 0.717) is 12.3 Å². The third-order valence-electron chi connectivity index (χ3n) is 3.64. The van der Waals surface area contributed by atoms with E-state index in [2.05, 4.69) is 48.5 Å². The molecule has 104 valence electrons. The zero-order valence-corrected chi connectivity index (χ0v) is 12.1. The van der Waals surface area contributed by atoms with Crippen molar-refractivity contribution in [3.05, 3.63) is 71.8 Å². The quantitative estimate of drug-likeness (QED) is 0.723. The topological polar surface area (TPSA) is 17.1 Å². The summed E-state index contributed by atoms with van der Waals surface area (Å²) in [5, 5.41) is 0. The molecule has 1 heteroatoms. The Kier molecular flexibility index (Phi) is 5.55. The van der Waals surface area contributed by atoms with Crippen LogP contribution in [0.15, 0.2) is 60.7 Å². The summed E-state index contributed by atoms with van der Waals surface area (Å²) in [4.78, 5) is 11.3. The summed E-state index contributed by atoms with van der Waals surface area (Å²) < 4.78 is 0. The van der Waals surface area contributed by atoms with Crippen molar-refractivity contribution in [2.24, 2.45) is 5.92 Å². The van der Waals surface area contributed by atoms with E-state index in [0.717, 1.165) is 19.3 Å². The Hall–Kier alpha value is -1.89. The average molecular weight is 266 g/mol. The second-order valence-electron chi connectivity index (χ2n) is 5.49. The highest BCUT2D eigenvalue weighted by Gasteiger charge is 2.12. The molecule has 0 aliphatic rings. The zero-order valence-electron chi connectivity index (χ0n) is 12.1. The lowest BCUT2D eigenvalue weighted by Gasteiger charge is -2.16. The number of hydrogen-bond donors (Lipinski definition) is 0. The van der Waals surface area contributed by atoms with Crippen molar-refractivity contribution in [3.8, 4) is 0 Å². The number of carbonyl (C=O) groups excluding carboxylic acids is 1. The Labute approximate surface area is 121 Å². The Morgan fingerprint density at radius 1 is 0.850 bits per heavy atom. The Morgan fingerprint density at radius 3 is 1.70 bits per heavy atom. The first kappa shape index (κ1) is 14.5. The van der Waals surface area contributed by atoms with Crippen molar-refractivity contribution in [1.29, 1.82) is 0 Å². The lowest BCUT2D eigenvalue weighted by Crippen LogP contribution is -2.10. The van der Waals surface area contributed by atoms with E-state index >= 15 is 0 Å². The molecule has 2 aromatic rings. The first-order valence-corrected chi connectivity index (χ1v) is 7.31. The average Bonchev–Trinajstić information content (AvgIpc) is 2.47. The number of carbonyl (C=O) groups is 1. The number of benzene rings is 2. The first-order valence-electron chi connectivity index (χ1n) is 7.31. The van der Waals surface area contributed by atoms with E-state index in [1.165, 1.54) is 11.1 Å². The number of rotatable bonds is 7. The molecule has 0 bridgehead atoms. The van der Waals surface area contributed by atoms with E-state index < -0.39 is 0 Å². The van der Waals surface area contributed by atoms with Gasteiger partial charge in [-0.15, -0.1) is 0 Å². The minimum atomic E-state index is 0.288. The standard InChI is InChI=1S/C19H22O/c1-16(20)12-13-19(14-17-8-4-2-5-9-17)15-18-10-6-3-7-11-18/h2-11,19H,12-15H2,1H3. The molecule has 0 aliphatic heterocycles. The fourth-order valence-corrected chi connectivity index (χ4v) is 2.58. The molecule has 0 N–H and O–H groups in total. The van der Waals surface area contributed by atoms with Gasteiger partial charge in [0.25, 0.3) is 0 Å². The maximum atomic E-state index is 11.3. The molecule has 2 rings (SSSR count). The van der Waals surface area contributed by atoms with Crippen molar-refractivity contribution in [2.45, 2.75) is 32.6 Å². The van der Waals surface area contributed by atoms with Gasteiger partial charge in [-0.25, -0.2) is 0 Å². The highest BCUT2D eigenvalue weighted by atomic mass is 16.1.